The zero-order valence-electron chi connectivity index (χ0n) is 11.6. The molecule has 2 rings (SSSR count). The van der Waals surface area contributed by atoms with Crippen molar-refractivity contribution in [3.8, 4) is 0 Å². The van der Waals surface area contributed by atoms with E-state index in [0.29, 0.717) is 25.2 Å². The molecule has 1 saturated heterocycles. The lowest BCUT2D eigenvalue weighted by atomic mass is 9.98. The second-order valence-corrected chi connectivity index (χ2v) is 5.96. The molecule has 0 bridgehead atoms. The smallest absolute Gasteiger partial charge is 0.304 e. The van der Waals surface area contributed by atoms with E-state index in [1.807, 2.05) is 13.8 Å². The standard InChI is InChI=1S/C13H19N3O3S/c1-3-8(2)11-12(18)16(5-4-10(17)15-11)6-9-7-20-13(19)14-9/h7-8,11H,3-6H2,1-2H3,(H,14,19)(H,15,17). The minimum atomic E-state index is -0.472. The number of hydrogen-bond donors (Lipinski definition) is 2. The number of H-pyrrole nitrogens is 1. The molecular formula is C13H19N3O3S. The van der Waals surface area contributed by atoms with Crippen LogP contribution in [0.15, 0.2) is 10.2 Å². The van der Waals surface area contributed by atoms with Gasteiger partial charge in [-0.05, 0) is 5.92 Å². The van der Waals surface area contributed by atoms with Gasteiger partial charge in [0.1, 0.15) is 6.04 Å². The third kappa shape index (κ3) is 3.27. The van der Waals surface area contributed by atoms with E-state index >= 15 is 0 Å². The molecule has 2 heterocycles. The number of carbonyl (C=O) groups is 2. The van der Waals surface area contributed by atoms with Crippen LogP contribution in [0.2, 0.25) is 0 Å². The SMILES string of the molecule is CCC(C)C1NC(=O)CCN(Cc2csc(=O)[nH]2)C1=O. The van der Waals surface area contributed by atoms with E-state index in [4.69, 9.17) is 0 Å². The van der Waals surface area contributed by atoms with Crippen molar-refractivity contribution in [1.82, 2.24) is 15.2 Å². The van der Waals surface area contributed by atoms with Crippen LogP contribution >= 0.6 is 11.3 Å². The van der Waals surface area contributed by atoms with Crippen LogP contribution in [0.25, 0.3) is 0 Å². The van der Waals surface area contributed by atoms with Gasteiger partial charge in [0.15, 0.2) is 0 Å². The maximum Gasteiger partial charge on any atom is 0.304 e. The summed E-state index contributed by atoms with van der Waals surface area (Å²) in [5, 5.41) is 4.52. The van der Waals surface area contributed by atoms with Crippen LogP contribution in [0, 0.1) is 5.92 Å². The van der Waals surface area contributed by atoms with Crippen LogP contribution < -0.4 is 10.2 Å². The quantitative estimate of drug-likeness (QED) is 0.858. The summed E-state index contributed by atoms with van der Waals surface area (Å²) in [5.74, 6) is -0.0733. The average molecular weight is 297 g/mol. The van der Waals surface area contributed by atoms with E-state index < -0.39 is 6.04 Å². The first-order valence-corrected chi connectivity index (χ1v) is 7.64. The van der Waals surface area contributed by atoms with Crippen LogP contribution in [-0.2, 0) is 16.1 Å². The molecule has 0 radical (unpaired) electrons. The molecule has 1 aromatic rings. The second kappa shape index (κ2) is 6.21. The minimum absolute atomic E-state index is 0.0720. The molecule has 1 fully saturated rings. The topological polar surface area (TPSA) is 82.3 Å². The summed E-state index contributed by atoms with van der Waals surface area (Å²) in [5.41, 5.74) is 0.714. The van der Waals surface area contributed by atoms with Gasteiger partial charge in [0, 0.05) is 24.0 Å². The van der Waals surface area contributed by atoms with Crippen molar-refractivity contribution < 1.29 is 9.59 Å². The van der Waals surface area contributed by atoms with Crippen LogP contribution in [0.3, 0.4) is 0 Å². The number of hydrogen-bond acceptors (Lipinski definition) is 4. The first-order valence-electron chi connectivity index (χ1n) is 6.76. The van der Waals surface area contributed by atoms with Crippen molar-refractivity contribution in [2.24, 2.45) is 5.92 Å². The third-order valence-electron chi connectivity index (χ3n) is 3.65. The van der Waals surface area contributed by atoms with Crippen LogP contribution in [0.4, 0.5) is 0 Å². The van der Waals surface area contributed by atoms with Crippen molar-refractivity contribution in [2.75, 3.05) is 6.54 Å². The van der Waals surface area contributed by atoms with Crippen LogP contribution in [0.1, 0.15) is 32.4 Å². The van der Waals surface area contributed by atoms with E-state index in [2.05, 4.69) is 10.3 Å². The maximum atomic E-state index is 12.5. The Morgan fingerprint density at radius 2 is 2.20 bits per heavy atom. The molecule has 0 aliphatic carbocycles. The Morgan fingerprint density at radius 1 is 1.45 bits per heavy atom. The highest BCUT2D eigenvalue weighted by Gasteiger charge is 2.32. The highest BCUT2D eigenvalue weighted by atomic mass is 32.1. The van der Waals surface area contributed by atoms with Gasteiger partial charge in [-0.3, -0.25) is 14.4 Å². The molecule has 2 amide bonds. The Bertz CT molecular complexity index is 551. The fraction of sp³-hybridized carbons (Fsp3) is 0.615. The molecule has 7 heteroatoms. The number of amides is 2. The predicted molar refractivity (Wildman–Crippen MR) is 76.4 cm³/mol. The second-order valence-electron chi connectivity index (χ2n) is 5.11. The molecule has 0 spiro atoms. The summed E-state index contributed by atoms with van der Waals surface area (Å²) in [7, 11) is 0. The van der Waals surface area contributed by atoms with Gasteiger partial charge >= 0.3 is 4.87 Å². The van der Waals surface area contributed by atoms with Gasteiger partial charge < -0.3 is 15.2 Å². The summed E-state index contributed by atoms with van der Waals surface area (Å²) in [6.45, 7) is 4.68. The minimum Gasteiger partial charge on any atom is -0.344 e. The molecule has 2 N–H and O–H groups in total. The van der Waals surface area contributed by atoms with Crippen molar-refractivity contribution in [1.29, 1.82) is 0 Å². The molecule has 2 atom stereocenters. The summed E-state index contributed by atoms with van der Waals surface area (Å²) in [6.07, 6.45) is 1.12. The van der Waals surface area contributed by atoms with E-state index in [0.717, 1.165) is 17.8 Å². The fourth-order valence-corrected chi connectivity index (χ4v) is 2.80. The van der Waals surface area contributed by atoms with E-state index in [1.165, 1.54) is 0 Å². The number of carbonyl (C=O) groups excluding carboxylic acids is 2. The summed E-state index contributed by atoms with van der Waals surface area (Å²) in [4.78, 5) is 39.6. The largest absolute Gasteiger partial charge is 0.344 e. The van der Waals surface area contributed by atoms with Gasteiger partial charge in [-0.15, -0.1) is 0 Å². The van der Waals surface area contributed by atoms with E-state index in [1.54, 1.807) is 10.3 Å². The van der Waals surface area contributed by atoms with Crippen LogP contribution in [0.5, 0.6) is 0 Å². The molecule has 0 saturated carbocycles. The monoisotopic (exact) mass is 297 g/mol. The van der Waals surface area contributed by atoms with Gasteiger partial charge in [0.25, 0.3) is 0 Å². The Balaban J connectivity index is 2.16. The maximum absolute atomic E-state index is 12.5. The molecule has 1 aliphatic rings. The average Bonchev–Trinajstić information content (AvgIpc) is 2.78. The first kappa shape index (κ1) is 14.8. The van der Waals surface area contributed by atoms with Gasteiger partial charge in [0.05, 0.1) is 6.54 Å². The zero-order chi connectivity index (χ0) is 14.7. The molecule has 1 aliphatic heterocycles. The lowest BCUT2D eigenvalue weighted by Gasteiger charge is -2.26. The summed E-state index contributed by atoms with van der Waals surface area (Å²) < 4.78 is 0. The highest BCUT2D eigenvalue weighted by molar-refractivity contribution is 7.07. The molecule has 1 aromatic heterocycles. The van der Waals surface area contributed by atoms with Gasteiger partial charge in [-0.1, -0.05) is 31.6 Å². The molecule has 0 aromatic carbocycles. The van der Waals surface area contributed by atoms with Gasteiger partial charge in [-0.2, -0.15) is 0 Å². The number of aromatic nitrogens is 1. The summed E-state index contributed by atoms with van der Waals surface area (Å²) in [6, 6.07) is -0.472. The number of aromatic amines is 1. The Labute approximate surface area is 121 Å². The van der Waals surface area contributed by atoms with Crippen molar-refractivity contribution in [3.05, 3.63) is 20.7 Å². The highest BCUT2D eigenvalue weighted by Crippen LogP contribution is 2.16. The third-order valence-corrected chi connectivity index (χ3v) is 4.37. The molecule has 2 unspecified atom stereocenters. The molecule has 20 heavy (non-hydrogen) atoms. The number of nitrogens with one attached hydrogen (secondary N) is 2. The van der Waals surface area contributed by atoms with E-state index in [9.17, 15) is 14.4 Å². The van der Waals surface area contributed by atoms with Crippen molar-refractivity contribution >= 4 is 23.2 Å². The van der Waals surface area contributed by atoms with Crippen molar-refractivity contribution in [2.45, 2.75) is 39.3 Å². The Morgan fingerprint density at radius 3 is 2.80 bits per heavy atom. The van der Waals surface area contributed by atoms with Crippen molar-refractivity contribution in [3.63, 3.8) is 0 Å². The van der Waals surface area contributed by atoms with Gasteiger partial charge in [0.2, 0.25) is 11.8 Å². The van der Waals surface area contributed by atoms with E-state index in [-0.39, 0.29) is 22.6 Å². The Kier molecular flexibility index (Phi) is 4.59. The zero-order valence-corrected chi connectivity index (χ0v) is 12.5. The number of thiazole rings is 1. The molecular weight excluding hydrogens is 278 g/mol. The van der Waals surface area contributed by atoms with Gasteiger partial charge in [-0.25, -0.2) is 0 Å². The first-order chi connectivity index (χ1) is 9.51. The summed E-state index contributed by atoms with van der Waals surface area (Å²) >= 11 is 1.08. The lowest BCUT2D eigenvalue weighted by molar-refractivity contribution is -0.135. The lowest BCUT2D eigenvalue weighted by Crippen LogP contribution is -2.48. The number of nitrogens with zero attached hydrogens (tertiary/aromatic N) is 1. The normalized spacial score (nSPS) is 21.5. The number of rotatable bonds is 4. The molecule has 110 valence electrons. The fourth-order valence-electron chi connectivity index (χ4n) is 2.23. The Hall–Kier alpha value is -1.63. The predicted octanol–water partition coefficient (Wildman–Crippen LogP) is 0.700. The van der Waals surface area contributed by atoms with Crippen LogP contribution in [-0.4, -0.2) is 34.3 Å². The molecule has 6 nitrogen and oxygen atoms in total.